The van der Waals surface area contributed by atoms with Crippen LogP contribution in [-0.2, 0) is 12.6 Å². The number of aromatic nitrogens is 1. The minimum absolute atomic E-state index is 0.251. The fraction of sp³-hybridized carbons (Fsp3) is 0.167. The van der Waals surface area contributed by atoms with Crippen LogP contribution in [0.5, 0.6) is 0 Å². The van der Waals surface area contributed by atoms with Gasteiger partial charge in [-0.15, -0.1) is 11.3 Å². The lowest BCUT2D eigenvalue weighted by atomic mass is 10.0. The third-order valence-electron chi connectivity index (χ3n) is 2.46. The highest BCUT2D eigenvalue weighted by molar-refractivity contribution is 7.09. The number of carbonyl (C=O) groups is 1. The van der Waals surface area contributed by atoms with E-state index in [4.69, 9.17) is 5.11 Å². The van der Waals surface area contributed by atoms with Gasteiger partial charge in [-0.1, -0.05) is 6.07 Å². The quantitative estimate of drug-likeness (QED) is 0.940. The van der Waals surface area contributed by atoms with Crippen molar-refractivity contribution in [2.75, 3.05) is 0 Å². The molecule has 0 aliphatic carbocycles. The van der Waals surface area contributed by atoms with E-state index in [2.05, 4.69) is 4.98 Å². The Morgan fingerprint density at radius 3 is 2.63 bits per heavy atom. The number of thiazole rings is 1. The van der Waals surface area contributed by atoms with Crippen molar-refractivity contribution in [2.45, 2.75) is 12.6 Å². The van der Waals surface area contributed by atoms with E-state index in [0.29, 0.717) is 10.6 Å². The van der Waals surface area contributed by atoms with Crippen molar-refractivity contribution in [1.82, 2.24) is 4.98 Å². The van der Waals surface area contributed by atoms with Crippen LogP contribution in [0.25, 0.3) is 0 Å². The topological polar surface area (TPSA) is 50.2 Å². The molecule has 0 radical (unpaired) electrons. The maximum Gasteiger partial charge on any atom is 0.417 e. The number of hydrogen-bond donors (Lipinski definition) is 1. The molecule has 1 aromatic carbocycles. The first-order valence-electron chi connectivity index (χ1n) is 5.19. The second-order valence-electron chi connectivity index (χ2n) is 3.79. The van der Waals surface area contributed by atoms with E-state index < -0.39 is 23.3 Å². The SMILES string of the molecule is O=C(O)c1ccc(Cc2nccs2)cc1C(F)(F)F. The van der Waals surface area contributed by atoms with Crippen LogP contribution in [0.15, 0.2) is 29.8 Å². The summed E-state index contributed by atoms with van der Waals surface area (Å²) in [5.41, 5.74) is -1.49. The number of hydrogen-bond acceptors (Lipinski definition) is 3. The highest BCUT2D eigenvalue weighted by atomic mass is 32.1. The minimum Gasteiger partial charge on any atom is -0.478 e. The zero-order valence-corrected chi connectivity index (χ0v) is 10.3. The van der Waals surface area contributed by atoms with Gasteiger partial charge in [0, 0.05) is 18.0 Å². The van der Waals surface area contributed by atoms with Gasteiger partial charge < -0.3 is 5.11 Å². The molecule has 0 amide bonds. The van der Waals surface area contributed by atoms with Gasteiger partial charge in [-0.3, -0.25) is 0 Å². The predicted molar refractivity (Wildman–Crippen MR) is 63.3 cm³/mol. The molecule has 0 aliphatic heterocycles. The van der Waals surface area contributed by atoms with Crippen LogP contribution in [0, 0.1) is 0 Å². The summed E-state index contributed by atoms with van der Waals surface area (Å²) >= 11 is 1.33. The number of alkyl halides is 3. The highest BCUT2D eigenvalue weighted by Crippen LogP contribution is 2.33. The first-order valence-corrected chi connectivity index (χ1v) is 6.07. The lowest BCUT2D eigenvalue weighted by Crippen LogP contribution is -2.13. The molecule has 1 heterocycles. The summed E-state index contributed by atoms with van der Waals surface area (Å²) in [6.45, 7) is 0. The number of halogens is 3. The summed E-state index contributed by atoms with van der Waals surface area (Å²) in [4.78, 5) is 14.8. The molecule has 7 heteroatoms. The van der Waals surface area contributed by atoms with Crippen LogP contribution in [0.3, 0.4) is 0 Å². The van der Waals surface area contributed by atoms with Gasteiger partial charge in [-0.2, -0.15) is 13.2 Å². The van der Waals surface area contributed by atoms with Crippen molar-refractivity contribution in [3.8, 4) is 0 Å². The molecule has 0 bridgehead atoms. The van der Waals surface area contributed by atoms with Gasteiger partial charge in [-0.25, -0.2) is 9.78 Å². The average Bonchev–Trinajstić information content (AvgIpc) is 2.80. The van der Waals surface area contributed by atoms with Crippen LogP contribution in [-0.4, -0.2) is 16.1 Å². The van der Waals surface area contributed by atoms with Crippen molar-refractivity contribution in [3.63, 3.8) is 0 Å². The lowest BCUT2D eigenvalue weighted by molar-refractivity contribution is -0.138. The van der Waals surface area contributed by atoms with Gasteiger partial charge in [0.2, 0.25) is 0 Å². The second kappa shape index (κ2) is 5.00. The van der Waals surface area contributed by atoms with E-state index >= 15 is 0 Å². The summed E-state index contributed by atoms with van der Waals surface area (Å²) in [6.07, 6.45) is -2.87. The monoisotopic (exact) mass is 287 g/mol. The third kappa shape index (κ3) is 3.11. The molecular formula is C12H8F3NO2S. The van der Waals surface area contributed by atoms with Gasteiger partial charge in [0.25, 0.3) is 0 Å². The molecule has 19 heavy (non-hydrogen) atoms. The summed E-state index contributed by atoms with van der Waals surface area (Å²) in [7, 11) is 0. The number of benzene rings is 1. The van der Waals surface area contributed by atoms with E-state index in [1.165, 1.54) is 17.4 Å². The van der Waals surface area contributed by atoms with Crippen molar-refractivity contribution in [3.05, 3.63) is 51.5 Å². The summed E-state index contributed by atoms with van der Waals surface area (Å²) in [5, 5.41) is 11.2. The largest absolute Gasteiger partial charge is 0.478 e. The van der Waals surface area contributed by atoms with Gasteiger partial charge in [0.05, 0.1) is 16.1 Å². The zero-order chi connectivity index (χ0) is 14.0. The second-order valence-corrected chi connectivity index (χ2v) is 4.76. The predicted octanol–water partition coefficient (Wildman–Crippen LogP) is 3.45. The van der Waals surface area contributed by atoms with Gasteiger partial charge in [-0.05, 0) is 17.7 Å². The molecule has 0 fully saturated rings. The summed E-state index contributed by atoms with van der Waals surface area (Å²) in [6, 6.07) is 3.22. The van der Waals surface area contributed by atoms with Crippen LogP contribution in [0.1, 0.15) is 26.5 Å². The molecule has 3 nitrogen and oxygen atoms in total. The third-order valence-corrected chi connectivity index (χ3v) is 3.24. The Morgan fingerprint density at radius 2 is 2.11 bits per heavy atom. The van der Waals surface area contributed by atoms with Crippen LogP contribution >= 0.6 is 11.3 Å². The van der Waals surface area contributed by atoms with E-state index in [-0.39, 0.29) is 6.42 Å². The smallest absolute Gasteiger partial charge is 0.417 e. The van der Waals surface area contributed by atoms with Crippen LogP contribution < -0.4 is 0 Å². The van der Waals surface area contributed by atoms with Crippen molar-refractivity contribution >= 4 is 17.3 Å². The Hall–Kier alpha value is -1.89. The molecule has 0 saturated heterocycles. The van der Waals surface area contributed by atoms with Crippen LogP contribution in [0.4, 0.5) is 13.2 Å². The van der Waals surface area contributed by atoms with Crippen LogP contribution in [0.2, 0.25) is 0 Å². The first-order chi connectivity index (χ1) is 8.88. The number of rotatable bonds is 3. The molecule has 2 aromatic rings. The fourth-order valence-electron chi connectivity index (χ4n) is 1.64. The molecule has 0 saturated carbocycles. The molecule has 2 rings (SSSR count). The zero-order valence-electron chi connectivity index (χ0n) is 9.44. The highest BCUT2D eigenvalue weighted by Gasteiger charge is 2.35. The van der Waals surface area contributed by atoms with E-state index in [0.717, 1.165) is 12.1 Å². The summed E-state index contributed by atoms with van der Waals surface area (Å²) in [5.74, 6) is -1.59. The maximum absolute atomic E-state index is 12.8. The Morgan fingerprint density at radius 1 is 1.37 bits per heavy atom. The molecule has 100 valence electrons. The standard InChI is InChI=1S/C12H8F3NO2S/c13-12(14,15)9-5-7(1-2-8(9)11(17)18)6-10-16-3-4-19-10/h1-5H,6H2,(H,17,18). The summed E-state index contributed by atoms with van der Waals surface area (Å²) < 4.78 is 38.4. The van der Waals surface area contributed by atoms with E-state index in [1.54, 1.807) is 11.6 Å². The Bertz CT molecular complexity index is 594. The van der Waals surface area contributed by atoms with Gasteiger partial charge in [0.1, 0.15) is 0 Å². The Kier molecular flexibility index (Phi) is 3.57. The number of aromatic carboxylic acids is 1. The Balaban J connectivity index is 2.41. The van der Waals surface area contributed by atoms with Gasteiger partial charge in [0.15, 0.2) is 0 Å². The van der Waals surface area contributed by atoms with E-state index in [1.807, 2.05) is 0 Å². The Labute approximate surface area is 110 Å². The van der Waals surface area contributed by atoms with Crippen molar-refractivity contribution in [1.29, 1.82) is 0 Å². The number of nitrogens with zero attached hydrogens (tertiary/aromatic N) is 1. The molecule has 1 N–H and O–H groups in total. The molecule has 1 aromatic heterocycles. The normalized spacial score (nSPS) is 11.5. The van der Waals surface area contributed by atoms with E-state index in [9.17, 15) is 18.0 Å². The first kappa shape index (κ1) is 13.5. The molecular weight excluding hydrogens is 279 g/mol. The molecule has 0 spiro atoms. The number of carboxylic acids is 1. The average molecular weight is 287 g/mol. The lowest BCUT2D eigenvalue weighted by Gasteiger charge is -2.11. The molecule has 0 atom stereocenters. The van der Waals surface area contributed by atoms with Crippen molar-refractivity contribution < 1.29 is 23.1 Å². The fourth-order valence-corrected chi connectivity index (χ4v) is 2.29. The minimum atomic E-state index is -4.69. The molecule has 0 aliphatic rings. The van der Waals surface area contributed by atoms with Gasteiger partial charge >= 0.3 is 12.1 Å². The maximum atomic E-state index is 12.8. The van der Waals surface area contributed by atoms with Crippen molar-refractivity contribution in [2.24, 2.45) is 0 Å². The molecule has 0 unspecified atom stereocenters. The number of carboxylic acid groups (broad SMARTS) is 1.